The minimum atomic E-state index is -0.755. The van der Waals surface area contributed by atoms with Gasteiger partial charge in [-0.2, -0.15) is 0 Å². The zero-order valence-corrected chi connectivity index (χ0v) is 13.4. The molecule has 4 heteroatoms. The molecule has 0 radical (unpaired) electrons. The lowest BCUT2D eigenvalue weighted by Gasteiger charge is -2.18. The maximum atomic E-state index is 10.9. The Balaban J connectivity index is 1.64. The lowest BCUT2D eigenvalue weighted by molar-refractivity contribution is -0.137. The van der Waals surface area contributed by atoms with Crippen molar-refractivity contribution in [2.24, 2.45) is 0 Å². The molecule has 0 bridgehead atoms. The van der Waals surface area contributed by atoms with Gasteiger partial charge in [0.15, 0.2) is 0 Å². The second-order valence-electron chi connectivity index (χ2n) is 5.99. The van der Waals surface area contributed by atoms with E-state index in [1.54, 1.807) is 6.26 Å². The predicted molar refractivity (Wildman–Crippen MR) is 93.9 cm³/mol. The van der Waals surface area contributed by atoms with E-state index in [-0.39, 0.29) is 12.5 Å². The van der Waals surface area contributed by atoms with Gasteiger partial charge < -0.3 is 14.8 Å². The van der Waals surface area contributed by atoms with Crippen LogP contribution in [0.5, 0.6) is 0 Å². The maximum Gasteiger partial charge on any atom is 0.303 e. The molecule has 3 rings (SSSR count). The van der Waals surface area contributed by atoms with E-state index < -0.39 is 5.97 Å². The van der Waals surface area contributed by atoms with Crippen molar-refractivity contribution in [3.05, 3.63) is 72.0 Å². The van der Waals surface area contributed by atoms with Crippen molar-refractivity contribution in [1.29, 1.82) is 0 Å². The first-order valence-corrected chi connectivity index (χ1v) is 8.16. The Kier molecular flexibility index (Phi) is 5.29. The van der Waals surface area contributed by atoms with Gasteiger partial charge in [0.2, 0.25) is 0 Å². The number of rotatable bonds is 8. The second kappa shape index (κ2) is 7.79. The number of hydrogen-bond acceptors (Lipinski definition) is 3. The highest BCUT2D eigenvalue weighted by Crippen LogP contribution is 2.17. The molecule has 0 aliphatic rings. The zero-order valence-electron chi connectivity index (χ0n) is 13.4. The Morgan fingerprint density at radius 2 is 1.92 bits per heavy atom. The van der Waals surface area contributed by atoms with Crippen LogP contribution in [0.2, 0.25) is 0 Å². The molecular weight excluding hydrogens is 302 g/mol. The van der Waals surface area contributed by atoms with Gasteiger partial charge in [0.25, 0.3) is 0 Å². The lowest BCUT2D eigenvalue weighted by atomic mass is 10.0. The normalized spacial score (nSPS) is 12.3. The summed E-state index contributed by atoms with van der Waals surface area (Å²) in [5, 5.41) is 13.6. The van der Waals surface area contributed by atoms with Crippen LogP contribution in [0.3, 0.4) is 0 Å². The number of carbonyl (C=O) groups is 1. The molecule has 2 N–H and O–H groups in total. The second-order valence-corrected chi connectivity index (χ2v) is 5.99. The summed E-state index contributed by atoms with van der Waals surface area (Å²) in [6, 6.07) is 18.3. The maximum absolute atomic E-state index is 10.9. The monoisotopic (exact) mass is 323 g/mol. The van der Waals surface area contributed by atoms with Crippen molar-refractivity contribution in [2.75, 3.05) is 0 Å². The molecule has 0 spiro atoms. The molecule has 0 amide bonds. The molecule has 1 atom stereocenters. The molecule has 3 aromatic rings. The summed E-state index contributed by atoms with van der Waals surface area (Å²) in [5.74, 6) is -0.755. The molecule has 1 heterocycles. The molecular formula is C20H21NO3. The lowest BCUT2D eigenvalue weighted by Crippen LogP contribution is -2.31. The number of furan rings is 1. The summed E-state index contributed by atoms with van der Waals surface area (Å²) < 4.78 is 5.36. The van der Waals surface area contributed by atoms with E-state index in [1.807, 2.05) is 36.4 Å². The quantitative estimate of drug-likeness (QED) is 0.658. The van der Waals surface area contributed by atoms with Crippen molar-refractivity contribution in [3.8, 4) is 0 Å². The number of benzene rings is 2. The van der Waals surface area contributed by atoms with Crippen LogP contribution >= 0.6 is 0 Å². The molecule has 0 fully saturated rings. The van der Waals surface area contributed by atoms with E-state index in [0.29, 0.717) is 13.0 Å². The molecule has 2 aromatic carbocycles. The molecule has 0 aliphatic carbocycles. The summed E-state index contributed by atoms with van der Waals surface area (Å²) in [7, 11) is 0. The van der Waals surface area contributed by atoms with Crippen molar-refractivity contribution >= 4 is 16.9 Å². The summed E-state index contributed by atoms with van der Waals surface area (Å²) in [5.41, 5.74) is 3.26. The smallest absolute Gasteiger partial charge is 0.303 e. The van der Waals surface area contributed by atoms with Crippen molar-refractivity contribution in [2.45, 2.75) is 31.8 Å². The van der Waals surface area contributed by atoms with Crippen LogP contribution in [0.15, 0.2) is 65.3 Å². The number of carboxylic acid groups (broad SMARTS) is 1. The SMILES string of the molecule is O=C(O)CCC(Cc1ccccc1)NCc1ccc2occc2c1. The number of nitrogens with one attached hydrogen (secondary N) is 1. The van der Waals surface area contributed by atoms with Crippen LogP contribution in [-0.2, 0) is 17.8 Å². The average molecular weight is 323 g/mol. The van der Waals surface area contributed by atoms with Crippen LogP contribution < -0.4 is 5.32 Å². The van der Waals surface area contributed by atoms with Crippen molar-refractivity contribution in [3.63, 3.8) is 0 Å². The molecule has 0 saturated carbocycles. The average Bonchev–Trinajstić information content (AvgIpc) is 3.06. The fourth-order valence-electron chi connectivity index (χ4n) is 2.86. The first kappa shape index (κ1) is 16.3. The molecule has 24 heavy (non-hydrogen) atoms. The van der Waals surface area contributed by atoms with Crippen molar-refractivity contribution < 1.29 is 14.3 Å². The summed E-state index contributed by atoms with van der Waals surface area (Å²) >= 11 is 0. The van der Waals surface area contributed by atoms with Gasteiger partial charge in [0.1, 0.15) is 5.58 Å². The fourth-order valence-corrected chi connectivity index (χ4v) is 2.86. The van der Waals surface area contributed by atoms with Crippen molar-refractivity contribution in [1.82, 2.24) is 5.32 Å². The van der Waals surface area contributed by atoms with E-state index >= 15 is 0 Å². The van der Waals surface area contributed by atoms with Gasteiger partial charge in [0, 0.05) is 24.4 Å². The Labute approximate surface area is 141 Å². The highest BCUT2D eigenvalue weighted by atomic mass is 16.4. The third-order valence-electron chi connectivity index (χ3n) is 4.14. The van der Waals surface area contributed by atoms with E-state index in [4.69, 9.17) is 9.52 Å². The molecule has 124 valence electrons. The number of carboxylic acids is 1. The summed E-state index contributed by atoms with van der Waals surface area (Å²) in [6.07, 6.45) is 3.29. The minimum Gasteiger partial charge on any atom is -0.481 e. The van der Waals surface area contributed by atoms with E-state index in [9.17, 15) is 4.79 Å². The Morgan fingerprint density at radius 1 is 1.08 bits per heavy atom. The summed E-state index contributed by atoms with van der Waals surface area (Å²) in [6.45, 7) is 0.707. The third-order valence-corrected chi connectivity index (χ3v) is 4.14. The molecule has 1 aromatic heterocycles. The summed E-state index contributed by atoms with van der Waals surface area (Å²) in [4.78, 5) is 10.9. The van der Waals surface area contributed by atoms with Crippen LogP contribution in [0.1, 0.15) is 24.0 Å². The van der Waals surface area contributed by atoms with Gasteiger partial charge in [-0.1, -0.05) is 36.4 Å². The first-order chi connectivity index (χ1) is 11.7. The molecule has 1 unspecified atom stereocenters. The molecule has 0 aliphatic heterocycles. The number of fused-ring (bicyclic) bond motifs is 1. The topological polar surface area (TPSA) is 62.5 Å². The van der Waals surface area contributed by atoms with Crippen LogP contribution in [0.25, 0.3) is 11.0 Å². The molecule has 0 saturated heterocycles. The third kappa shape index (κ3) is 4.46. The van der Waals surface area contributed by atoms with E-state index in [1.165, 1.54) is 5.56 Å². The highest BCUT2D eigenvalue weighted by molar-refractivity contribution is 5.77. The Morgan fingerprint density at radius 3 is 2.71 bits per heavy atom. The van der Waals surface area contributed by atoms with Gasteiger partial charge in [-0.3, -0.25) is 4.79 Å². The Bertz CT molecular complexity index is 795. The highest BCUT2D eigenvalue weighted by Gasteiger charge is 2.12. The van der Waals surface area contributed by atoms with E-state index in [0.717, 1.165) is 23.0 Å². The zero-order chi connectivity index (χ0) is 16.8. The predicted octanol–water partition coefficient (Wildman–Crippen LogP) is 4.00. The van der Waals surface area contributed by atoms with Gasteiger partial charge in [-0.05, 0) is 42.2 Å². The fraction of sp³-hybridized carbons (Fsp3) is 0.250. The van der Waals surface area contributed by atoms with Gasteiger partial charge in [-0.25, -0.2) is 0 Å². The Hall–Kier alpha value is -2.59. The van der Waals surface area contributed by atoms with Crippen LogP contribution in [0, 0.1) is 0 Å². The van der Waals surface area contributed by atoms with Gasteiger partial charge >= 0.3 is 5.97 Å². The first-order valence-electron chi connectivity index (χ1n) is 8.16. The van der Waals surface area contributed by atoms with E-state index in [2.05, 4.69) is 23.5 Å². The number of aliphatic carboxylic acids is 1. The van der Waals surface area contributed by atoms with Gasteiger partial charge in [-0.15, -0.1) is 0 Å². The van der Waals surface area contributed by atoms with Crippen LogP contribution in [-0.4, -0.2) is 17.1 Å². The number of hydrogen-bond donors (Lipinski definition) is 2. The van der Waals surface area contributed by atoms with Gasteiger partial charge in [0.05, 0.1) is 6.26 Å². The minimum absolute atomic E-state index is 0.128. The molecule has 4 nitrogen and oxygen atoms in total. The van der Waals surface area contributed by atoms with Crippen LogP contribution in [0.4, 0.5) is 0 Å². The standard InChI is InChI=1S/C20H21NO3/c22-20(23)9-7-18(13-15-4-2-1-3-5-15)21-14-16-6-8-19-17(12-16)10-11-24-19/h1-6,8,10-12,18,21H,7,9,13-14H2,(H,22,23). The largest absolute Gasteiger partial charge is 0.481 e.